The van der Waals surface area contributed by atoms with Gasteiger partial charge in [-0.05, 0) is 13.8 Å². The maximum absolute atomic E-state index is 5.52. The van der Waals surface area contributed by atoms with Crippen molar-refractivity contribution in [1.29, 1.82) is 0 Å². The normalized spacial score (nSPS) is 10.0. The van der Waals surface area contributed by atoms with Crippen LogP contribution in [0.3, 0.4) is 0 Å². The fourth-order valence-electron chi connectivity index (χ4n) is 1.07. The van der Waals surface area contributed by atoms with Gasteiger partial charge < -0.3 is 10.6 Å². The molecule has 0 saturated carbocycles. The highest BCUT2D eigenvalue weighted by Gasteiger charge is 2.06. The van der Waals surface area contributed by atoms with Crippen LogP contribution in [-0.4, -0.2) is 24.1 Å². The van der Waals surface area contributed by atoms with Gasteiger partial charge in [0, 0.05) is 25.4 Å². The highest BCUT2D eigenvalue weighted by Crippen LogP contribution is 2.17. The predicted octanol–water partition coefficient (Wildman–Crippen LogP) is 0.742. The molecule has 0 bridgehead atoms. The zero-order valence-electron chi connectivity index (χ0n) is 7.92. The summed E-state index contributed by atoms with van der Waals surface area (Å²) in [5, 5.41) is 0. The van der Waals surface area contributed by atoms with Crippen molar-refractivity contribution in [2.45, 2.75) is 13.8 Å². The van der Waals surface area contributed by atoms with Gasteiger partial charge >= 0.3 is 0 Å². The molecule has 4 heteroatoms. The molecule has 0 aliphatic rings. The van der Waals surface area contributed by atoms with E-state index in [-0.39, 0.29) is 0 Å². The first-order valence-corrected chi connectivity index (χ1v) is 3.80. The van der Waals surface area contributed by atoms with E-state index in [1.54, 1.807) is 0 Å². The van der Waals surface area contributed by atoms with Crippen LogP contribution in [0.2, 0.25) is 0 Å². The van der Waals surface area contributed by atoms with Crippen molar-refractivity contribution in [2.75, 3.05) is 24.7 Å². The number of hydrogen-bond donors (Lipinski definition) is 1. The number of nitrogen functional groups attached to an aromatic ring is 1. The first-order chi connectivity index (χ1) is 5.52. The first kappa shape index (κ1) is 8.77. The summed E-state index contributed by atoms with van der Waals surface area (Å²) in [7, 11) is 3.88. The summed E-state index contributed by atoms with van der Waals surface area (Å²) >= 11 is 0. The molecule has 1 rings (SSSR count). The molecule has 0 amide bonds. The molecular formula is C8H14N4. The van der Waals surface area contributed by atoms with E-state index in [1.165, 1.54) is 0 Å². The van der Waals surface area contributed by atoms with Crippen LogP contribution in [0.1, 0.15) is 11.3 Å². The van der Waals surface area contributed by atoms with Crippen LogP contribution in [0.4, 0.5) is 11.8 Å². The summed E-state index contributed by atoms with van der Waals surface area (Å²) in [6.45, 7) is 3.92. The topological polar surface area (TPSA) is 55.0 Å². The average molecular weight is 166 g/mol. The first-order valence-electron chi connectivity index (χ1n) is 3.80. The summed E-state index contributed by atoms with van der Waals surface area (Å²) < 4.78 is 0. The van der Waals surface area contributed by atoms with Crippen molar-refractivity contribution >= 4 is 11.8 Å². The third-order valence-corrected chi connectivity index (χ3v) is 1.80. The Morgan fingerprint density at radius 2 is 1.75 bits per heavy atom. The largest absolute Gasteiger partial charge is 0.368 e. The molecule has 12 heavy (non-hydrogen) atoms. The number of anilines is 2. The average Bonchev–Trinajstić information content (AvgIpc) is 1.96. The van der Waals surface area contributed by atoms with Crippen LogP contribution >= 0.6 is 0 Å². The number of nitrogens with two attached hydrogens (primary N) is 1. The predicted molar refractivity (Wildman–Crippen MR) is 50.2 cm³/mol. The third-order valence-electron chi connectivity index (χ3n) is 1.80. The molecule has 1 aromatic heterocycles. The SMILES string of the molecule is Cc1nc(N)nc(N(C)C)c1C. The Balaban J connectivity index is 3.28. The monoisotopic (exact) mass is 166 g/mol. The van der Waals surface area contributed by atoms with Crippen molar-refractivity contribution in [1.82, 2.24) is 9.97 Å². The van der Waals surface area contributed by atoms with Crippen LogP contribution in [0.5, 0.6) is 0 Å². The summed E-state index contributed by atoms with van der Waals surface area (Å²) in [5.41, 5.74) is 7.53. The highest BCUT2D eigenvalue weighted by atomic mass is 15.2. The van der Waals surface area contributed by atoms with Crippen molar-refractivity contribution in [3.8, 4) is 0 Å². The number of rotatable bonds is 1. The molecule has 0 saturated heterocycles. The van der Waals surface area contributed by atoms with E-state index in [2.05, 4.69) is 9.97 Å². The molecule has 2 N–H and O–H groups in total. The van der Waals surface area contributed by atoms with Crippen molar-refractivity contribution in [3.05, 3.63) is 11.3 Å². The molecule has 0 aliphatic carbocycles. The van der Waals surface area contributed by atoms with Crippen LogP contribution in [0.15, 0.2) is 0 Å². The molecule has 1 aromatic rings. The summed E-state index contributed by atoms with van der Waals surface area (Å²) in [5.74, 6) is 1.22. The fraction of sp³-hybridized carbons (Fsp3) is 0.500. The minimum absolute atomic E-state index is 0.335. The molecule has 0 aromatic carbocycles. The Labute approximate surface area is 72.4 Å². The summed E-state index contributed by atoms with van der Waals surface area (Å²) in [4.78, 5) is 10.1. The fourth-order valence-corrected chi connectivity index (χ4v) is 1.07. The van der Waals surface area contributed by atoms with Crippen molar-refractivity contribution < 1.29 is 0 Å². The maximum atomic E-state index is 5.52. The third kappa shape index (κ3) is 1.47. The minimum atomic E-state index is 0.335. The zero-order valence-corrected chi connectivity index (χ0v) is 7.92. The van der Waals surface area contributed by atoms with Crippen molar-refractivity contribution in [2.24, 2.45) is 0 Å². The number of aryl methyl sites for hydroxylation is 1. The van der Waals surface area contributed by atoms with E-state index in [1.807, 2.05) is 32.8 Å². The highest BCUT2D eigenvalue weighted by molar-refractivity contribution is 5.49. The molecule has 66 valence electrons. The van der Waals surface area contributed by atoms with Crippen LogP contribution < -0.4 is 10.6 Å². The second kappa shape index (κ2) is 2.97. The molecule has 0 spiro atoms. The summed E-state index contributed by atoms with van der Waals surface area (Å²) in [6.07, 6.45) is 0. The van der Waals surface area contributed by atoms with Gasteiger partial charge in [0.15, 0.2) is 0 Å². The van der Waals surface area contributed by atoms with E-state index in [0.717, 1.165) is 17.1 Å². The Bertz CT molecular complexity index is 293. The second-order valence-corrected chi connectivity index (χ2v) is 3.01. The Morgan fingerprint density at radius 3 is 2.25 bits per heavy atom. The van der Waals surface area contributed by atoms with Crippen LogP contribution in [0.25, 0.3) is 0 Å². The second-order valence-electron chi connectivity index (χ2n) is 3.01. The Kier molecular flexibility index (Phi) is 2.17. The molecule has 0 radical (unpaired) electrons. The lowest BCUT2D eigenvalue weighted by Gasteiger charge is -2.15. The van der Waals surface area contributed by atoms with Crippen LogP contribution in [-0.2, 0) is 0 Å². The molecular weight excluding hydrogens is 152 g/mol. The molecule has 0 fully saturated rings. The number of nitrogens with zero attached hydrogens (tertiary/aromatic N) is 3. The van der Waals surface area contributed by atoms with Gasteiger partial charge in [-0.3, -0.25) is 0 Å². The van der Waals surface area contributed by atoms with Gasteiger partial charge in [0.05, 0.1) is 0 Å². The zero-order chi connectivity index (χ0) is 9.30. The quantitative estimate of drug-likeness (QED) is 0.668. The van der Waals surface area contributed by atoms with Gasteiger partial charge in [0.25, 0.3) is 0 Å². The van der Waals surface area contributed by atoms with E-state index in [0.29, 0.717) is 5.95 Å². The van der Waals surface area contributed by atoms with Gasteiger partial charge in [-0.15, -0.1) is 0 Å². The Morgan fingerprint density at radius 1 is 1.17 bits per heavy atom. The smallest absolute Gasteiger partial charge is 0.222 e. The molecule has 0 aliphatic heterocycles. The summed E-state index contributed by atoms with van der Waals surface area (Å²) in [6, 6.07) is 0. The van der Waals surface area contributed by atoms with Gasteiger partial charge in [-0.1, -0.05) is 0 Å². The standard InChI is InChI=1S/C8H14N4/c1-5-6(2)10-8(9)11-7(5)12(3)4/h1-4H3,(H2,9,10,11). The lowest BCUT2D eigenvalue weighted by Crippen LogP contribution is -2.15. The molecule has 0 atom stereocenters. The van der Waals surface area contributed by atoms with Crippen LogP contribution in [0, 0.1) is 13.8 Å². The Hall–Kier alpha value is -1.32. The lowest BCUT2D eigenvalue weighted by atomic mass is 10.2. The number of aromatic nitrogens is 2. The van der Waals surface area contributed by atoms with Gasteiger partial charge in [0.1, 0.15) is 5.82 Å². The van der Waals surface area contributed by atoms with Crippen molar-refractivity contribution in [3.63, 3.8) is 0 Å². The molecule has 4 nitrogen and oxygen atoms in total. The van der Waals surface area contributed by atoms with E-state index < -0.39 is 0 Å². The lowest BCUT2D eigenvalue weighted by molar-refractivity contribution is 0.997. The van der Waals surface area contributed by atoms with Gasteiger partial charge in [0.2, 0.25) is 5.95 Å². The van der Waals surface area contributed by atoms with Gasteiger partial charge in [-0.25, -0.2) is 4.98 Å². The minimum Gasteiger partial charge on any atom is -0.368 e. The molecule has 0 unspecified atom stereocenters. The maximum Gasteiger partial charge on any atom is 0.222 e. The van der Waals surface area contributed by atoms with E-state index in [9.17, 15) is 0 Å². The van der Waals surface area contributed by atoms with E-state index in [4.69, 9.17) is 5.73 Å². The number of hydrogen-bond acceptors (Lipinski definition) is 4. The van der Waals surface area contributed by atoms with Gasteiger partial charge in [-0.2, -0.15) is 4.98 Å². The molecule has 1 heterocycles. The van der Waals surface area contributed by atoms with E-state index >= 15 is 0 Å².